The van der Waals surface area contributed by atoms with Crippen LogP contribution < -0.4 is 10.5 Å². The first-order valence-corrected chi connectivity index (χ1v) is 11.3. The van der Waals surface area contributed by atoms with Crippen molar-refractivity contribution in [1.29, 1.82) is 0 Å². The Labute approximate surface area is 185 Å². The molecular formula is C22H22N6O3S. The molecule has 0 atom stereocenters. The van der Waals surface area contributed by atoms with Crippen LogP contribution in [0.25, 0.3) is 22.3 Å². The van der Waals surface area contributed by atoms with E-state index in [-0.39, 0.29) is 13.1 Å². The largest absolute Gasteiger partial charge is 0.457 e. The van der Waals surface area contributed by atoms with Crippen LogP contribution in [0, 0.1) is 0 Å². The number of para-hydroxylation sites is 1. The zero-order valence-corrected chi connectivity index (χ0v) is 18.2. The minimum Gasteiger partial charge on any atom is -0.457 e. The fourth-order valence-electron chi connectivity index (χ4n) is 3.18. The van der Waals surface area contributed by atoms with Gasteiger partial charge in [0.25, 0.3) is 0 Å². The summed E-state index contributed by atoms with van der Waals surface area (Å²) in [7, 11) is -2.04. The van der Waals surface area contributed by atoms with Crippen LogP contribution in [0.2, 0.25) is 0 Å². The number of ether oxygens (including phenoxy) is 1. The molecule has 32 heavy (non-hydrogen) atoms. The van der Waals surface area contributed by atoms with E-state index in [1.165, 1.54) is 17.7 Å². The van der Waals surface area contributed by atoms with Crippen LogP contribution >= 0.6 is 0 Å². The number of likely N-dealkylation sites (N-methyl/N-ethyl adjacent to an activating group) is 1. The molecule has 0 bridgehead atoms. The standard InChI is InChI=1S/C22H22N6O3S/c1-3-32(29,30)27(2)13-14-28-22-19(21(23)24-15-25-22)20(26-28)16-9-11-18(12-10-16)31-17-7-5-4-6-8-17/h3-12,15H,1,13-14H2,2H3,(H2,23,24,25). The molecule has 9 nitrogen and oxygen atoms in total. The molecular weight excluding hydrogens is 428 g/mol. The lowest BCUT2D eigenvalue weighted by Gasteiger charge is -2.14. The molecule has 2 N–H and O–H groups in total. The van der Waals surface area contributed by atoms with Gasteiger partial charge < -0.3 is 10.5 Å². The molecule has 2 heterocycles. The summed E-state index contributed by atoms with van der Waals surface area (Å²) in [6, 6.07) is 16.9. The first kappa shape index (κ1) is 21.5. The van der Waals surface area contributed by atoms with Crippen LogP contribution in [-0.4, -0.2) is 46.1 Å². The smallest absolute Gasteiger partial charge is 0.235 e. The van der Waals surface area contributed by atoms with Crippen LogP contribution in [0.4, 0.5) is 5.82 Å². The highest BCUT2D eigenvalue weighted by molar-refractivity contribution is 7.91. The molecule has 2 aromatic heterocycles. The van der Waals surface area contributed by atoms with Gasteiger partial charge in [0.15, 0.2) is 5.65 Å². The summed E-state index contributed by atoms with van der Waals surface area (Å²) in [6.07, 6.45) is 1.36. The SMILES string of the molecule is C=CS(=O)(=O)N(C)CCn1nc(-c2ccc(Oc3ccccc3)cc2)c2c(N)ncnc21. The molecule has 0 amide bonds. The molecule has 2 aromatic carbocycles. The normalized spacial score (nSPS) is 11.7. The van der Waals surface area contributed by atoms with E-state index in [9.17, 15) is 8.42 Å². The predicted octanol–water partition coefficient (Wildman–Crippen LogP) is 3.27. The number of hydrogen-bond donors (Lipinski definition) is 1. The van der Waals surface area contributed by atoms with E-state index in [4.69, 9.17) is 10.5 Å². The van der Waals surface area contributed by atoms with Gasteiger partial charge in [-0.2, -0.15) is 9.40 Å². The fraction of sp³-hybridized carbons (Fsp3) is 0.136. The molecule has 0 saturated carbocycles. The molecule has 10 heteroatoms. The lowest BCUT2D eigenvalue weighted by molar-refractivity contribution is 0.442. The van der Waals surface area contributed by atoms with Crippen LogP contribution in [0.1, 0.15) is 0 Å². The number of aromatic nitrogens is 4. The van der Waals surface area contributed by atoms with Gasteiger partial charge in [0.2, 0.25) is 10.0 Å². The Kier molecular flexibility index (Phi) is 5.89. The third kappa shape index (κ3) is 4.32. The number of fused-ring (bicyclic) bond motifs is 1. The average Bonchev–Trinajstić information content (AvgIpc) is 3.18. The Bertz CT molecular complexity index is 1350. The topological polar surface area (TPSA) is 116 Å². The van der Waals surface area contributed by atoms with Gasteiger partial charge in [-0.05, 0) is 36.4 Å². The lowest BCUT2D eigenvalue weighted by atomic mass is 10.1. The first-order chi connectivity index (χ1) is 15.4. The number of anilines is 1. The maximum absolute atomic E-state index is 11.9. The van der Waals surface area contributed by atoms with Gasteiger partial charge in [-0.1, -0.05) is 24.8 Å². The highest BCUT2D eigenvalue weighted by Crippen LogP contribution is 2.32. The zero-order chi connectivity index (χ0) is 22.7. The minimum atomic E-state index is -3.52. The Morgan fingerprint density at radius 3 is 2.47 bits per heavy atom. The van der Waals surface area contributed by atoms with E-state index >= 15 is 0 Å². The monoisotopic (exact) mass is 450 g/mol. The number of nitrogens with zero attached hydrogens (tertiary/aromatic N) is 5. The molecule has 0 radical (unpaired) electrons. The third-order valence-electron chi connectivity index (χ3n) is 4.94. The first-order valence-electron chi connectivity index (χ1n) is 9.78. The second-order valence-corrected chi connectivity index (χ2v) is 8.99. The number of hydrogen-bond acceptors (Lipinski definition) is 7. The predicted molar refractivity (Wildman–Crippen MR) is 123 cm³/mol. The van der Waals surface area contributed by atoms with Gasteiger partial charge in [0, 0.05) is 24.6 Å². The zero-order valence-electron chi connectivity index (χ0n) is 17.4. The number of nitrogen functional groups attached to an aromatic ring is 1. The number of benzene rings is 2. The van der Waals surface area contributed by atoms with Crippen molar-refractivity contribution in [3.05, 3.63) is 72.9 Å². The van der Waals surface area contributed by atoms with E-state index in [0.29, 0.717) is 28.3 Å². The van der Waals surface area contributed by atoms with Crippen molar-refractivity contribution < 1.29 is 13.2 Å². The van der Waals surface area contributed by atoms with Gasteiger partial charge in [-0.15, -0.1) is 0 Å². The summed E-state index contributed by atoms with van der Waals surface area (Å²) in [4.78, 5) is 8.42. The highest BCUT2D eigenvalue weighted by atomic mass is 32.2. The second kappa shape index (κ2) is 8.77. The quantitative estimate of drug-likeness (QED) is 0.438. The van der Waals surface area contributed by atoms with Crippen molar-refractivity contribution in [2.45, 2.75) is 6.54 Å². The number of nitrogens with two attached hydrogens (primary N) is 1. The molecule has 0 saturated heterocycles. The average molecular weight is 451 g/mol. The lowest BCUT2D eigenvalue weighted by Crippen LogP contribution is -2.28. The van der Waals surface area contributed by atoms with Gasteiger partial charge in [0.1, 0.15) is 29.3 Å². The number of sulfonamides is 1. The maximum atomic E-state index is 11.9. The van der Waals surface area contributed by atoms with Crippen LogP contribution in [0.5, 0.6) is 11.5 Å². The van der Waals surface area contributed by atoms with Crippen LogP contribution in [0.15, 0.2) is 72.9 Å². The molecule has 0 fully saturated rings. The Morgan fingerprint density at radius 2 is 1.78 bits per heavy atom. The van der Waals surface area contributed by atoms with E-state index in [1.54, 1.807) is 4.68 Å². The summed E-state index contributed by atoms with van der Waals surface area (Å²) in [5.74, 6) is 1.73. The molecule has 0 spiro atoms. The van der Waals surface area contributed by atoms with E-state index in [0.717, 1.165) is 16.7 Å². The summed E-state index contributed by atoms with van der Waals surface area (Å²) < 4.78 is 32.6. The van der Waals surface area contributed by atoms with Crippen molar-refractivity contribution >= 4 is 26.9 Å². The van der Waals surface area contributed by atoms with Crippen molar-refractivity contribution in [2.24, 2.45) is 0 Å². The van der Waals surface area contributed by atoms with Gasteiger partial charge in [0.05, 0.1) is 11.9 Å². The molecule has 0 aliphatic carbocycles. The maximum Gasteiger partial charge on any atom is 0.235 e. The molecule has 0 aliphatic heterocycles. The van der Waals surface area contributed by atoms with Crippen molar-refractivity contribution in [3.63, 3.8) is 0 Å². The fourth-order valence-corrected chi connectivity index (χ4v) is 3.77. The summed E-state index contributed by atoms with van der Waals surface area (Å²) in [6.45, 7) is 3.82. The minimum absolute atomic E-state index is 0.193. The molecule has 4 aromatic rings. The summed E-state index contributed by atoms with van der Waals surface area (Å²) >= 11 is 0. The third-order valence-corrected chi connectivity index (χ3v) is 6.41. The Hall–Kier alpha value is -3.76. The van der Waals surface area contributed by atoms with E-state index in [1.807, 2.05) is 54.6 Å². The summed E-state index contributed by atoms with van der Waals surface area (Å²) in [5, 5.41) is 6.19. The Morgan fingerprint density at radius 1 is 1.09 bits per heavy atom. The molecule has 0 unspecified atom stereocenters. The van der Waals surface area contributed by atoms with E-state index in [2.05, 4.69) is 21.6 Å². The van der Waals surface area contributed by atoms with Crippen LogP contribution in [-0.2, 0) is 16.6 Å². The van der Waals surface area contributed by atoms with Crippen molar-refractivity contribution in [1.82, 2.24) is 24.1 Å². The van der Waals surface area contributed by atoms with Crippen molar-refractivity contribution in [3.8, 4) is 22.8 Å². The van der Waals surface area contributed by atoms with Gasteiger partial charge in [-0.25, -0.2) is 23.1 Å². The molecule has 4 rings (SSSR count). The highest BCUT2D eigenvalue weighted by Gasteiger charge is 2.19. The van der Waals surface area contributed by atoms with Gasteiger partial charge in [-0.3, -0.25) is 0 Å². The van der Waals surface area contributed by atoms with E-state index < -0.39 is 10.0 Å². The van der Waals surface area contributed by atoms with Crippen LogP contribution in [0.3, 0.4) is 0 Å². The summed E-state index contributed by atoms with van der Waals surface area (Å²) in [5.41, 5.74) is 8.08. The number of rotatable bonds is 8. The Balaban J connectivity index is 1.65. The molecule has 0 aliphatic rings. The van der Waals surface area contributed by atoms with Crippen molar-refractivity contribution in [2.75, 3.05) is 19.3 Å². The second-order valence-electron chi connectivity index (χ2n) is 7.00. The van der Waals surface area contributed by atoms with Gasteiger partial charge >= 0.3 is 0 Å². The molecule has 164 valence electrons.